The van der Waals surface area contributed by atoms with Crippen molar-refractivity contribution in [2.75, 3.05) is 39.0 Å². The fourth-order valence-corrected chi connectivity index (χ4v) is 4.99. The van der Waals surface area contributed by atoms with E-state index < -0.39 is 0 Å². The minimum Gasteiger partial charge on any atom is -0.382 e. The molecule has 34 heavy (non-hydrogen) atoms. The van der Waals surface area contributed by atoms with Gasteiger partial charge >= 0.3 is 0 Å². The van der Waals surface area contributed by atoms with Crippen LogP contribution >= 0.6 is 0 Å². The van der Waals surface area contributed by atoms with Crippen molar-refractivity contribution in [3.8, 4) is 11.1 Å². The molecule has 4 heterocycles. The van der Waals surface area contributed by atoms with Crippen molar-refractivity contribution in [2.45, 2.75) is 25.9 Å². The molecule has 1 aliphatic carbocycles. The maximum Gasteiger partial charge on any atom is 0.151 e. The lowest BCUT2D eigenvalue weighted by molar-refractivity contribution is 0.146. The molecule has 0 radical (unpaired) electrons. The van der Waals surface area contributed by atoms with Crippen LogP contribution in [0.2, 0.25) is 0 Å². The van der Waals surface area contributed by atoms with E-state index in [0.29, 0.717) is 5.82 Å². The van der Waals surface area contributed by atoms with Crippen LogP contribution in [-0.4, -0.2) is 67.4 Å². The smallest absolute Gasteiger partial charge is 0.151 e. The Morgan fingerprint density at radius 2 is 1.91 bits per heavy atom. The molecule has 2 aliphatic rings. The van der Waals surface area contributed by atoms with Crippen molar-refractivity contribution in [3.63, 3.8) is 0 Å². The molecule has 4 aromatic rings. The highest BCUT2D eigenvalue weighted by molar-refractivity contribution is 5.92. The summed E-state index contributed by atoms with van der Waals surface area (Å²) in [6.45, 7) is 5.90. The largest absolute Gasteiger partial charge is 0.382 e. The van der Waals surface area contributed by atoms with Crippen LogP contribution < -0.4 is 5.73 Å². The van der Waals surface area contributed by atoms with Crippen molar-refractivity contribution >= 4 is 22.2 Å². The zero-order valence-corrected chi connectivity index (χ0v) is 19.6. The van der Waals surface area contributed by atoms with E-state index in [1.807, 2.05) is 9.20 Å². The first-order valence-corrected chi connectivity index (χ1v) is 12.0. The normalized spacial score (nSPS) is 17.6. The number of fused-ring (bicyclic) bond motifs is 2. The van der Waals surface area contributed by atoms with Crippen molar-refractivity contribution in [1.29, 1.82) is 0 Å². The van der Waals surface area contributed by atoms with Gasteiger partial charge in [0.05, 0.1) is 17.8 Å². The average Bonchev–Trinajstić information content (AvgIpc) is 3.42. The number of nitrogens with zero attached hydrogens (tertiary/aromatic N) is 7. The van der Waals surface area contributed by atoms with Gasteiger partial charge in [0.1, 0.15) is 11.8 Å². The van der Waals surface area contributed by atoms with Crippen molar-refractivity contribution in [1.82, 2.24) is 34.2 Å². The molecule has 0 saturated carbocycles. The number of aromatic nitrogens is 5. The van der Waals surface area contributed by atoms with E-state index in [0.717, 1.165) is 85.4 Å². The lowest BCUT2D eigenvalue weighted by Crippen LogP contribution is -2.44. The Hall–Kier alpha value is -3.49. The van der Waals surface area contributed by atoms with Crippen LogP contribution in [0.5, 0.6) is 0 Å². The standard InChI is InChI=1S/C26H30N8/c1-31-9-11-32(12-10-31)17-22-14-23(25-26(27)28-18-29-34(22)25)20-7-8-21-16-33(30-24(21)13-20)15-19-5-3-2-4-6-19/h3,5-8,13-14,16,18H,2,4,9-12,15,17H2,1H3,(H2,27,28,29). The number of hydrogen-bond donors (Lipinski definition) is 1. The Kier molecular flexibility index (Phi) is 5.39. The molecule has 8 nitrogen and oxygen atoms in total. The quantitative estimate of drug-likeness (QED) is 0.498. The van der Waals surface area contributed by atoms with Gasteiger partial charge in [-0.05, 0) is 43.2 Å². The number of nitrogens with two attached hydrogens (primary N) is 1. The van der Waals surface area contributed by atoms with Crippen LogP contribution in [0.25, 0.3) is 27.5 Å². The molecule has 8 heteroatoms. The molecule has 0 amide bonds. The minimum atomic E-state index is 0.497. The number of rotatable bonds is 5. The molecule has 1 fully saturated rings. The first-order valence-electron chi connectivity index (χ1n) is 12.0. The summed E-state index contributed by atoms with van der Waals surface area (Å²) in [4.78, 5) is 9.13. The zero-order chi connectivity index (χ0) is 23.1. The second-order valence-corrected chi connectivity index (χ2v) is 9.39. The first-order chi connectivity index (χ1) is 16.6. The van der Waals surface area contributed by atoms with Crippen LogP contribution in [0.4, 0.5) is 5.82 Å². The van der Waals surface area contributed by atoms with Gasteiger partial charge in [-0.1, -0.05) is 30.4 Å². The number of benzene rings is 1. The summed E-state index contributed by atoms with van der Waals surface area (Å²) in [6.07, 6.45) is 12.6. The van der Waals surface area contributed by atoms with Gasteiger partial charge in [0.15, 0.2) is 5.82 Å². The predicted molar refractivity (Wildman–Crippen MR) is 135 cm³/mol. The summed E-state index contributed by atoms with van der Waals surface area (Å²) >= 11 is 0. The number of anilines is 1. The van der Waals surface area contributed by atoms with E-state index in [4.69, 9.17) is 10.8 Å². The van der Waals surface area contributed by atoms with Gasteiger partial charge < -0.3 is 10.6 Å². The van der Waals surface area contributed by atoms with E-state index >= 15 is 0 Å². The van der Waals surface area contributed by atoms with Gasteiger partial charge in [0.2, 0.25) is 0 Å². The molecule has 0 spiro atoms. The van der Waals surface area contributed by atoms with Crippen molar-refractivity contribution in [3.05, 3.63) is 66.3 Å². The SMILES string of the molecule is CN1CCN(Cc2cc(-c3ccc4cn(CC5=CCCC=C5)nc4c3)c3c(N)ncnn23)CC1. The number of piperazine rings is 1. The number of likely N-dealkylation sites (N-methyl/N-ethyl adjacent to an activating group) is 1. The molecular formula is C26H30N8. The molecule has 0 bridgehead atoms. The van der Waals surface area contributed by atoms with E-state index in [1.165, 1.54) is 5.57 Å². The molecular weight excluding hydrogens is 424 g/mol. The van der Waals surface area contributed by atoms with Gasteiger partial charge in [-0.3, -0.25) is 9.58 Å². The van der Waals surface area contributed by atoms with E-state index in [9.17, 15) is 0 Å². The molecule has 1 aromatic carbocycles. The van der Waals surface area contributed by atoms with Gasteiger partial charge in [-0.2, -0.15) is 10.2 Å². The maximum absolute atomic E-state index is 6.36. The van der Waals surface area contributed by atoms with E-state index in [-0.39, 0.29) is 0 Å². The monoisotopic (exact) mass is 454 g/mol. The van der Waals surface area contributed by atoms with Gasteiger partial charge in [-0.15, -0.1) is 0 Å². The minimum absolute atomic E-state index is 0.497. The molecule has 1 saturated heterocycles. The zero-order valence-electron chi connectivity index (χ0n) is 19.6. The van der Waals surface area contributed by atoms with E-state index in [2.05, 4.69) is 75.6 Å². The van der Waals surface area contributed by atoms with Gasteiger partial charge in [0.25, 0.3) is 0 Å². The fraction of sp³-hybridized carbons (Fsp3) is 0.346. The third-order valence-corrected chi connectivity index (χ3v) is 6.92. The molecule has 6 rings (SSSR count). The molecule has 174 valence electrons. The summed E-state index contributed by atoms with van der Waals surface area (Å²) in [5.41, 5.74) is 12.8. The molecule has 0 atom stereocenters. The molecule has 1 aliphatic heterocycles. The summed E-state index contributed by atoms with van der Waals surface area (Å²) in [5.74, 6) is 0.497. The van der Waals surface area contributed by atoms with Crippen LogP contribution in [0.15, 0.2) is 60.6 Å². The van der Waals surface area contributed by atoms with Crippen molar-refractivity contribution < 1.29 is 0 Å². The Morgan fingerprint density at radius 1 is 1.03 bits per heavy atom. The predicted octanol–water partition coefficient (Wildman–Crippen LogP) is 3.35. The highest BCUT2D eigenvalue weighted by Crippen LogP contribution is 2.32. The van der Waals surface area contributed by atoms with Crippen LogP contribution in [-0.2, 0) is 13.1 Å². The first kappa shape index (κ1) is 21.1. The molecule has 3 aromatic heterocycles. The third-order valence-electron chi connectivity index (χ3n) is 6.92. The summed E-state index contributed by atoms with van der Waals surface area (Å²) in [5, 5.41) is 10.6. The summed E-state index contributed by atoms with van der Waals surface area (Å²) in [7, 11) is 2.18. The second-order valence-electron chi connectivity index (χ2n) is 9.39. The third kappa shape index (κ3) is 3.99. The van der Waals surface area contributed by atoms with Crippen LogP contribution in [0.1, 0.15) is 18.5 Å². The van der Waals surface area contributed by atoms with E-state index in [1.54, 1.807) is 6.33 Å². The highest BCUT2D eigenvalue weighted by Gasteiger charge is 2.20. The number of hydrogen-bond acceptors (Lipinski definition) is 6. The van der Waals surface area contributed by atoms with Crippen LogP contribution in [0.3, 0.4) is 0 Å². The Balaban J connectivity index is 1.35. The van der Waals surface area contributed by atoms with Gasteiger partial charge in [0, 0.05) is 49.9 Å². The fourth-order valence-electron chi connectivity index (χ4n) is 4.99. The number of allylic oxidation sites excluding steroid dienone is 4. The summed E-state index contributed by atoms with van der Waals surface area (Å²) in [6, 6.07) is 8.66. The summed E-state index contributed by atoms with van der Waals surface area (Å²) < 4.78 is 3.99. The Labute approximate surface area is 199 Å². The molecule has 0 unspecified atom stereocenters. The van der Waals surface area contributed by atoms with Crippen LogP contribution in [0, 0.1) is 0 Å². The lowest BCUT2D eigenvalue weighted by Gasteiger charge is -2.32. The van der Waals surface area contributed by atoms with Gasteiger partial charge in [-0.25, -0.2) is 9.50 Å². The maximum atomic E-state index is 6.36. The van der Waals surface area contributed by atoms with Crippen molar-refractivity contribution in [2.24, 2.45) is 0 Å². The Bertz CT molecular complexity index is 1400. The average molecular weight is 455 g/mol. The molecule has 2 N–H and O–H groups in total. The lowest BCUT2D eigenvalue weighted by atomic mass is 10.1. The second kappa shape index (κ2) is 8.70. The highest BCUT2D eigenvalue weighted by atomic mass is 15.3. The Morgan fingerprint density at radius 3 is 2.74 bits per heavy atom. The number of nitrogen functional groups attached to an aromatic ring is 1. The topological polar surface area (TPSA) is 80.5 Å².